The normalized spacial score (nSPS) is 11.7. The Morgan fingerprint density at radius 3 is 2.43 bits per heavy atom. The molecule has 21 heavy (non-hydrogen) atoms. The van der Waals surface area contributed by atoms with Gasteiger partial charge >= 0.3 is 5.97 Å². The summed E-state index contributed by atoms with van der Waals surface area (Å²) in [5.74, 6) is -0.964. The van der Waals surface area contributed by atoms with E-state index in [-0.39, 0.29) is 36.8 Å². The number of aromatic nitrogens is 1. The van der Waals surface area contributed by atoms with E-state index in [1.54, 1.807) is 16.2 Å². The quantitative estimate of drug-likeness (QED) is 0.876. The van der Waals surface area contributed by atoms with Crippen LogP contribution in [0.3, 0.4) is 0 Å². The second-order valence-electron chi connectivity index (χ2n) is 6.40. The Kier molecular flexibility index (Phi) is 5.89. The molecule has 1 aromatic rings. The molecule has 0 fully saturated rings. The van der Waals surface area contributed by atoms with E-state index in [0.717, 1.165) is 10.7 Å². The predicted octanol–water partition coefficient (Wildman–Crippen LogP) is 2.69. The third-order valence-corrected chi connectivity index (χ3v) is 4.35. The first kappa shape index (κ1) is 17.6. The van der Waals surface area contributed by atoms with E-state index in [1.807, 2.05) is 19.2 Å². The van der Waals surface area contributed by atoms with Crippen molar-refractivity contribution in [3.8, 4) is 0 Å². The third-order valence-electron chi connectivity index (χ3n) is 3.04. The molecule has 0 spiro atoms. The smallest absolute Gasteiger partial charge is 0.305 e. The van der Waals surface area contributed by atoms with Crippen molar-refractivity contribution in [2.75, 3.05) is 6.54 Å². The molecule has 0 saturated carbocycles. The van der Waals surface area contributed by atoms with Crippen LogP contribution in [0.4, 0.5) is 0 Å². The number of carboxylic acid groups (broad SMARTS) is 1. The number of amides is 1. The fraction of sp³-hybridized carbons (Fsp3) is 0.667. The van der Waals surface area contributed by atoms with Gasteiger partial charge in [-0.15, -0.1) is 11.3 Å². The molecule has 0 aliphatic heterocycles. The Bertz CT molecular complexity index is 503. The molecule has 0 bridgehead atoms. The van der Waals surface area contributed by atoms with E-state index in [9.17, 15) is 9.59 Å². The number of aliphatic carboxylic acids is 1. The lowest BCUT2D eigenvalue weighted by atomic mass is 9.98. The Morgan fingerprint density at radius 2 is 2.00 bits per heavy atom. The number of thiazole rings is 1. The van der Waals surface area contributed by atoms with Crippen LogP contribution in [-0.4, -0.2) is 39.5 Å². The van der Waals surface area contributed by atoms with Crippen LogP contribution in [0.25, 0.3) is 0 Å². The van der Waals surface area contributed by atoms with E-state index in [1.165, 1.54) is 0 Å². The van der Waals surface area contributed by atoms with Crippen LogP contribution < -0.4 is 0 Å². The van der Waals surface area contributed by atoms with Gasteiger partial charge in [-0.25, -0.2) is 4.98 Å². The molecule has 1 heterocycles. The summed E-state index contributed by atoms with van der Waals surface area (Å²) in [6.07, 6.45) is 0.193. The number of hydrogen-bond acceptors (Lipinski definition) is 4. The number of nitrogens with zero attached hydrogens (tertiary/aromatic N) is 2. The first-order valence-electron chi connectivity index (χ1n) is 7.07. The number of carbonyl (C=O) groups is 2. The second kappa shape index (κ2) is 7.02. The van der Waals surface area contributed by atoms with Crippen LogP contribution >= 0.6 is 11.3 Å². The van der Waals surface area contributed by atoms with Gasteiger partial charge in [0.1, 0.15) is 0 Å². The van der Waals surface area contributed by atoms with Gasteiger partial charge in [-0.1, -0.05) is 20.8 Å². The summed E-state index contributed by atoms with van der Waals surface area (Å²) in [5.41, 5.74) is 0.739. The Morgan fingerprint density at radius 1 is 1.38 bits per heavy atom. The Hall–Kier alpha value is -1.43. The molecular weight excluding hydrogens is 288 g/mol. The summed E-state index contributed by atoms with van der Waals surface area (Å²) in [7, 11) is 0. The first-order chi connectivity index (χ1) is 9.61. The van der Waals surface area contributed by atoms with Gasteiger partial charge < -0.3 is 10.0 Å². The maximum absolute atomic E-state index is 12.3. The summed E-state index contributed by atoms with van der Waals surface area (Å²) in [4.78, 5) is 29.1. The Balaban J connectivity index is 2.73. The fourth-order valence-corrected chi connectivity index (χ4v) is 2.78. The van der Waals surface area contributed by atoms with E-state index >= 15 is 0 Å². The highest BCUT2D eigenvalue weighted by molar-refractivity contribution is 7.09. The molecule has 1 aromatic heterocycles. The van der Waals surface area contributed by atoms with Crippen molar-refractivity contribution in [2.24, 2.45) is 0 Å². The van der Waals surface area contributed by atoms with Crippen LogP contribution in [0.5, 0.6) is 0 Å². The molecule has 1 amide bonds. The SMILES string of the molecule is CC(C)N(CCC(=O)O)C(=O)Cc1csc(C(C)(C)C)n1. The minimum Gasteiger partial charge on any atom is -0.481 e. The molecule has 0 atom stereocenters. The molecule has 0 aliphatic carbocycles. The predicted molar refractivity (Wildman–Crippen MR) is 83.6 cm³/mol. The Labute approximate surface area is 130 Å². The lowest BCUT2D eigenvalue weighted by Gasteiger charge is -2.26. The van der Waals surface area contributed by atoms with Crippen molar-refractivity contribution in [3.63, 3.8) is 0 Å². The third kappa shape index (κ3) is 5.46. The number of rotatable bonds is 6. The molecule has 1 rings (SSSR count). The lowest BCUT2D eigenvalue weighted by Crippen LogP contribution is -2.39. The average Bonchev–Trinajstić information content (AvgIpc) is 2.76. The summed E-state index contributed by atoms with van der Waals surface area (Å²) in [6, 6.07) is -0.0161. The molecule has 0 unspecified atom stereocenters. The maximum atomic E-state index is 12.3. The summed E-state index contributed by atoms with van der Waals surface area (Å²) < 4.78 is 0. The van der Waals surface area contributed by atoms with Gasteiger partial charge in [0.05, 0.1) is 23.5 Å². The molecule has 118 valence electrons. The second-order valence-corrected chi connectivity index (χ2v) is 7.25. The van der Waals surface area contributed by atoms with Crippen LogP contribution in [0.2, 0.25) is 0 Å². The fourth-order valence-electron chi connectivity index (χ4n) is 1.88. The van der Waals surface area contributed by atoms with Gasteiger partial charge in [0.15, 0.2) is 0 Å². The largest absolute Gasteiger partial charge is 0.481 e. The number of hydrogen-bond donors (Lipinski definition) is 1. The van der Waals surface area contributed by atoms with Crippen molar-refractivity contribution in [1.29, 1.82) is 0 Å². The van der Waals surface area contributed by atoms with Crippen molar-refractivity contribution < 1.29 is 14.7 Å². The molecule has 0 aliphatic rings. The standard InChI is InChI=1S/C15H24N2O3S/c1-10(2)17(7-6-13(19)20)12(18)8-11-9-21-14(16-11)15(3,4)5/h9-10H,6-8H2,1-5H3,(H,19,20). The van der Waals surface area contributed by atoms with E-state index in [0.29, 0.717) is 0 Å². The zero-order valence-electron chi connectivity index (χ0n) is 13.3. The average molecular weight is 312 g/mol. The van der Waals surface area contributed by atoms with Gasteiger partial charge in [-0.3, -0.25) is 9.59 Å². The van der Waals surface area contributed by atoms with Crippen molar-refractivity contribution >= 4 is 23.2 Å². The van der Waals surface area contributed by atoms with E-state index in [4.69, 9.17) is 5.11 Å². The topological polar surface area (TPSA) is 70.5 Å². The van der Waals surface area contributed by atoms with Gasteiger partial charge in [0, 0.05) is 23.4 Å². The monoisotopic (exact) mass is 312 g/mol. The van der Waals surface area contributed by atoms with Gasteiger partial charge in [-0.05, 0) is 13.8 Å². The molecule has 1 N–H and O–H groups in total. The van der Waals surface area contributed by atoms with Gasteiger partial charge in [0.25, 0.3) is 0 Å². The zero-order valence-corrected chi connectivity index (χ0v) is 14.2. The zero-order chi connectivity index (χ0) is 16.2. The van der Waals surface area contributed by atoms with Crippen molar-refractivity contribution in [3.05, 3.63) is 16.1 Å². The summed E-state index contributed by atoms with van der Waals surface area (Å²) >= 11 is 1.56. The molecule has 5 nitrogen and oxygen atoms in total. The molecule has 0 aromatic carbocycles. The minimum absolute atomic E-state index is 0.0161. The highest BCUT2D eigenvalue weighted by atomic mass is 32.1. The lowest BCUT2D eigenvalue weighted by molar-refractivity contribution is -0.139. The van der Waals surface area contributed by atoms with Crippen molar-refractivity contribution in [1.82, 2.24) is 9.88 Å². The molecular formula is C15H24N2O3S. The molecule has 0 saturated heterocycles. The van der Waals surface area contributed by atoms with Gasteiger partial charge in [0.2, 0.25) is 5.91 Å². The summed E-state index contributed by atoms with van der Waals surface area (Å²) in [6.45, 7) is 10.3. The van der Waals surface area contributed by atoms with E-state index in [2.05, 4.69) is 25.8 Å². The van der Waals surface area contributed by atoms with E-state index < -0.39 is 5.97 Å². The van der Waals surface area contributed by atoms with Crippen LogP contribution in [0.1, 0.15) is 51.7 Å². The van der Waals surface area contributed by atoms with Crippen LogP contribution in [0, 0.1) is 0 Å². The molecule has 6 heteroatoms. The number of carbonyl (C=O) groups excluding carboxylic acids is 1. The maximum Gasteiger partial charge on any atom is 0.305 e. The molecule has 0 radical (unpaired) electrons. The van der Waals surface area contributed by atoms with Gasteiger partial charge in [-0.2, -0.15) is 0 Å². The van der Waals surface area contributed by atoms with Crippen molar-refractivity contribution in [2.45, 2.75) is 58.9 Å². The first-order valence-corrected chi connectivity index (χ1v) is 7.95. The highest BCUT2D eigenvalue weighted by Gasteiger charge is 2.22. The minimum atomic E-state index is -0.892. The number of carboxylic acids is 1. The van der Waals surface area contributed by atoms with Crippen LogP contribution in [-0.2, 0) is 21.4 Å². The summed E-state index contributed by atoms with van der Waals surface area (Å²) in [5, 5.41) is 11.7. The highest BCUT2D eigenvalue weighted by Crippen LogP contribution is 2.25. The van der Waals surface area contributed by atoms with Crippen LogP contribution in [0.15, 0.2) is 5.38 Å².